The monoisotopic (exact) mass is 344 g/mol. The van der Waals surface area contributed by atoms with Gasteiger partial charge in [-0.05, 0) is 42.9 Å². The van der Waals surface area contributed by atoms with Crippen LogP contribution in [0.3, 0.4) is 0 Å². The number of nitrogens with zero attached hydrogens (tertiary/aromatic N) is 2. The summed E-state index contributed by atoms with van der Waals surface area (Å²) < 4.78 is 5.23. The molecule has 2 amide bonds. The minimum atomic E-state index is -0.197. The van der Waals surface area contributed by atoms with Gasteiger partial charge in [0.1, 0.15) is 5.75 Å². The molecular weight excluding hydrogens is 316 g/mol. The Kier molecular flexibility index (Phi) is 5.30. The molecule has 5 nitrogen and oxygen atoms in total. The number of piperidine rings is 2. The Morgan fingerprint density at radius 2 is 1.92 bits per heavy atom. The molecule has 5 heteroatoms. The molecule has 0 radical (unpaired) electrons. The fourth-order valence-corrected chi connectivity index (χ4v) is 4.18. The van der Waals surface area contributed by atoms with Gasteiger partial charge in [0.05, 0.1) is 19.1 Å². The highest BCUT2D eigenvalue weighted by Crippen LogP contribution is 2.38. The molecule has 0 unspecified atom stereocenters. The highest BCUT2D eigenvalue weighted by Gasteiger charge is 2.41. The first kappa shape index (κ1) is 17.8. The number of hydrogen-bond donors (Lipinski definition) is 0. The molecule has 0 bridgehead atoms. The van der Waals surface area contributed by atoms with Gasteiger partial charge in [0.25, 0.3) is 0 Å². The maximum Gasteiger partial charge on any atom is 0.228 e. The fourth-order valence-electron chi connectivity index (χ4n) is 4.18. The number of hydrogen-bond acceptors (Lipinski definition) is 3. The van der Waals surface area contributed by atoms with Crippen molar-refractivity contribution in [3.63, 3.8) is 0 Å². The number of likely N-dealkylation sites (tertiary alicyclic amines) is 2. The number of benzene rings is 1. The van der Waals surface area contributed by atoms with Crippen LogP contribution < -0.4 is 4.74 Å². The van der Waals surface area contributed by atoms with Gasteiger partial charge in [-0.15, -0.1) is 0 Å². The van der Waals surface area contributed by atoms with Gasteiger partial charge in [-0.25, -0.2) is 0 Å². The van der Waals surface area contributed by atoms with Gasteiger partial charge in [-0.1, -0.05) is 19.1 Å². The average Bonchev–Trinajstić information content (AvgIpc) is 2.63. The summed E-state index contributed by atoms with van der Waals surface area (Å²) in [7, 11) is 3.45. The quantitative estimate of drug-likeness (QED) is 0.847. The summed E-state index contributed by atoms with van der Waals surface area (Å²) in [6.45, 7) is 3.88. The largest absolute Gasteiger partial charge is 0.497 e. The minimum absolute atomic E-state index is 0.108. The molecular formula is C20H28N2O3. The second kappa shape index (κ2) is 7.46. The number of amides is 2. The van der Waals surface area contributed by atoms with Crippen molar-refractivity contribution >= 4 is 11.8 Å². The van der Waals surface area contributed by atoms with Crippen LogP contribution in [0.15, 0.2) is 24.3 Å². The van der Waals surface area contributed by atoms with E-state index < -0.39 is 0 Å². The average molecular weight is 344 g/mol. The molecule has 2 saturated heterocycles. The Morgan fingerprint density at radius 1 is 1.20 bits per heavy atom. The van der Waals surface area contributed by atoms with E-state index >= 15 is 0 Å². The van der Waals surface area contributed by atoms with Gasteiger partial charge in [-0.3, -0.25) is 9.59 Å². The Hall–Kier alpha value is -2.04. The summed E-state index contributed by atoms with van der Waals surface area (Å²) in [5.74, 6) is 1.48. The molecule has 0 saturated carbocycles. The van der Waals surface area contributed by atoms with Gasteiger partial charge in [0.2, 0.25) is 11.8 Å². The normalized spacial score (nSPS) is 27.3. The van der Waals surface area contributed by atoms with Gasteiger partial charge in [0, 0.05) is 26.6 Å². The molecule has 2 fully saturated rings. The topological polar surface area (TPSA) is 49.9 Å². The van der Waals surface area contributed by atoms with Crippen LogP contribution in [-0.4, -0.2) is 48.9 Å². The van der Waals surface area contributed by atoms with E-state index in [4.69, 9.17) is 4.74 Å². The van der Waals surface area contributed by atoms with Crippen LogP contribution in [-0.2, 0) is 9.59 Å². The molecule has 3 atom stereocenters. The van der Waals surface area contributed by atoms with E-state index in [1.54, 1.807) is 12.0 Å². The van der Waals surface area contributed by atoms with Crippen molar-refractivity contribution in [1.82, 2.24) is 9.80 Å². The highest BCUT2D eigenvalue weighted by molar-refractivity contribution is 5.85. The fraction of sp³-hybridized carbons (Fsp3) is 0.600. The van der Waals surface area contributed by atoms with E-state index in [0.717, 1.165) is 30.8 Å². The minimum Gasteiger partial charge on any atom is -0.497 e. The third-order valence-corrected chi connectivity index (χ3v) is 5.60. The third-order valence-electron chi connectivity index (χ3n) is 5.60. The zero-order chi connectivity index (χ0) is 18.0. The van der Waals surface area contributed by atoms with E-state index in [1.165, 1.54) is 6.42 Å². The molecule has 1 aromatic rings. The summed E-state index contributed by atoms with van der Waals surface area (Å²) in [4.78, 5) is 29.3. The first-order chi connectivity index (χ1) is 12.0. The summed E-state index contributed by atoms with van der Waals surface area (Å²) in [5, 5.41) is 0. The van der Waals surface area contributed by atoms with Crippen molar-refractivity contribution in [2.45, 2.75) is 38.6 Å². The number of carbonyl (C=O) groups is 2. The third kappa shape index (κ3) is 3.65. The Balaban J connectivity index is 1.86. The van der Waals surface area contributed by atoms with Crippen LogP contribution in [0.4, 0.5) is 0 Å². The van der Waals surface area contributed by atoms with Crippen molar-refractivity contribution in [3.05, 3.63) is 29.8 Å². The first-order valence-electron chi connectivity index (χ1n) is 9.19. The SMILES string of the molecule is COc1ccc([C@@H]2[C@@H](C(=O)N3CCC[C@@H](C)C3)CCC(=O)N2C)cc1. The first-order valence-corrected chi connectivity index (χ1v) is 9.19. The maximum absolute atomic E-state index is 13.2. The van der Waals surface area contributed by atoms with Gasteiger partial charge >= 0.3 is 0 Å². The van der Waals surface area contributed by atoms with E-state index in [1.807, 2.05) is 36.2 Å². The molecule has 0 spiro atoms. The van der Waals surface area contributed by atoms with Gasteiger partial charge in [0.15, 0.2) is 0 Å². The predicted molar refractivity (Wildman–Crippen MR) is 96.2 cm³/mol. The number of ether oxygens (including phenoxy) is 1. The zero-order valence-electron chi connectivity index (χ0n) is 15.4. The standard InChI is InChI=1S/C20H28N2O3/c1-14-5-4-12-22(13-14)20(24)17-10-11-18(23)21(2)19(17)15-6-8-16(25-3)9-7-15/h6-9,14,17,19H,4-5,10-13H2,1-3H3/t14-,17+,19-/m1/s1. The zero-order valence-corrected chi connectivity index (χ0v) is 15.4. The lowest BCUT2D eigenvalue weighted by Gasteiger charge is -2.42. The van der Waals surface area contributed by atoms with Crippen molar-refractivity contribution in [3.8, 4) is 5.75 Å². The molecule has 0 aromatic heterocycles. The number of carbonyl (C=O) groups excluding carboxylic acids is 2. The molecule has 0 N–H and O–H groups in total. The van der Waals surface area contributed by atoms with Crippen LogP contribution in [0.2, 0.25) is 0 Å². The van der Waals surface area contributed by atoms with Crippen molar-refractivity contribution in [1.29, 1.82) is 0 Å². The second-order valence-electron chi connectivity index (χ2n) is 7.40. The molecule has 136 valence electrons. The van der Waals surface area contributed by atoms with Crippen LogP contribution in [0.5, 0.6) is 5.75 Å². The number of methoxy groups -OCH3 is 1. The van der Waals surface area contributed by atoms with Gasteiger partial charge in [-0.2, -0.15) is 0 Å². The predicted octanol–water partition coefficient (Wildman–Crippen LogP) is 2.86. The van der Waals surface area contributed by atoms with Crippen LogP contribution in [0.25, 0.3) is 0 Å². The number of rotatable bonds is 3. The molecule has 2 heterocycles. The van der Waals surface area contributed by atoms with Crippen molar-refractivity contribution in [2.24, 2.45) is 11.8 Å². The lowest BCUT2D eigenvalue weighted by Crippen LogP contribution is -2.49. The summed E-state index contributed by atoms with van der Waals surface area (Å²) in [6.07, 6.45) is 3.34. The lowest BCUT2D eigenvalue weighted by molar-refractivity contribution is -0.147. The second-order valence-corrected chi connectivity index (χ2v) is 7.40. The summed E-state index contributed by atoms with van der Waals surface area (Å²) in [5.41, 5.74) is 1.000. The summed E-state index contributed by atoms with van der Waals surface area (Å²) >= 11 is 0. The Bertz CT molecular complexity index is 628. The van der Waals surface area contributed by atoms with Crippen LogP contribution in [0.1, 0.15) is 44.2 Å². The van der Waals surface area contributed by atoms with E-state index in [0.29, 0.717) is 18.8 Å². The molecule has 25 heavy (non-hydrogen) atoms. The lowest BCUT2D eigenvalue weighted by atomic mass is 9.83. The molecule has 1 aromatic carbocycles. The Labute approximate surface area is 149 Å². The summed E-state index contributed by atoms with van der Waals surface area (Å²) in [6, 6.07) is 7.53. The van der Waals surface area contributed by atoms with E-state index in [9.17, 15) is 9.59 Å². The van der Waals surface area contributed by atoms with Crippen molar-refractivity contribution < 1.29 is 14.3 Å². The molecule has 0 aliphatic carbocycles. The van der Waals surface area contributed by atoms with Gasteiger partial charge < -0.3 is 14.5 Å². The van der Waals surface area contributed by atoms with Crippen LogP contribution >= 0.6 is 0 Å². The van der Waals surface area contributed by atoms with E-state index in [2.05, 4.69) is 6.92 Å². The van der Waals surface area contributed by atoms with Crippen LogP contribution in [0, 0.1) is 11.8 Å². The Morgan fingerprint density at radius 3 is 2.56 bits per heavy atom. The highest BCUT2D eigenvalue weighted by atomic mass is 16.5. The smallest absolute Gasteiger partial charge is 0.228 e. The molecule has 2 aliphatic rings. The molecule has 3 rings (SSSR count). The molecule has 2 aliphatic heterocycles. The van der Waals surface area contributed by atoms with E-state index in [-0.39, 0.29) is 23.8 Å². The maximum atomic E-state index is 13.2. The van der Waals surface area contributed by atoms with Crippen molar-refractivity contribution in [2.75, 3.05) is 27.2 Å².